The van der Waals surface area contributed by atoms with E-state index < -0.39 is 10.0 Å². The van der Waals surface area contributed by atoms with E-state index in [-0.39, 0.29) is 0 Å². The molecule has 34 heavy (non-hydrogen) atoms. The van der Waals surface area contributed by atoms with Crippen molar-refractivity contribution in [3.63, 3.8) is 0 Å². The number of methoxy groups -OCH3 is 1. The summed E-state index contributed by atoms with van der Waals surface area (Å²) >= 11 is 0. The molecular weight excluding hydrogens is 450 g/mol. The summed E-state index contributed by atoms with van der Waals surface area (Å²) in [5, 5.41) is 0. The number of aliphatic imine (C=N–C) groups is 1. The molecule has 2 heterocycles. The fraction of sp³-hybridized carbons (Fsp3) is 0.269. The van der Waals surface area contributed by atoms with Crippen LogP contribution < -0.4 is 9.47 Å². The van der Waals surface area contributed by atoms with Crippen LogP contribution in [-0.2, 0) is 10.0 Å². The lowest BCUT2D eigenvalue weighted by Crippen LogP contribution is -2.50. The van der Waals surface area contributed by atoms with Gasteiger partial charge in [-0.25, -0.2) is 13.4 Å². The molecule has 0 aliphatic carbocycles. The number of fused-ring (bicyclic) bond motifs is 2. The summed E-state index contributed by atoms with van der Waals surface area (Å²) in [5.74, 6) is 2.85. The van der Waals surface area contributed by atoms with Crippen LogP contribution in [0.2, 0.25) is 0 Å². The van der Waals surface area contributed by atoms with Crippen molar-refractivity contribution in [2.75, 3.05) is 33.3 Å². The maximum absolute atomic E-state index is 13.2. The largest absolute Gasteiger partial charge is 0.497 e. The van der Waals surface area contributed by atoms with Gasteiger partial charge in [-0.2, -0.15) is 4.31 Å². The molecule has 3 aromatic rings. The highest BCUT2D eigenvalue weighted by atomic mass is 32.2. The van der Waals surface area contributed by atoms with E-state index in [1.165, 1.54) is 0 Å². The molecule has 0 amide bonds. The van der Waals surface area contributed by atoms with Gasteiger partial charge < -0.3 is 14.4 Å². The molecule has 1 fully saturated rings. The van der Waals surface area contributed by atoms with Gasteiger partial charge >= 0.3 is 0 Å². The predicted octanol–water partition coefficient (Wildman–Crippen LogP) is 4.50. The van der Waals surface area contributed by atoms with Gasteiger partial charge in [0.05, 0.1) is 17.6 Å². The molecule has 5 rings (SSSR count). The standard InChI is InChI=1S/C26H27N3O4S/c1-18-5-4-6-21(15-18)34(30,31)29-13-11-28(12-14-29)26-22-17-20(32-3)8-10-24(22)33-25-16-19(2)7-9-23(25)27-26/h4-10,15-17H,11-14H2,1-3H3. The van der Waals surface area contributed by atoms with Crippen LogP contribution in [0.4, 0.5) is 5.69 Å². The zero-order valence-corrected chi connectivity index (χ0v) is 20.3. The molecule has 176 valence electrons. The minimum atomic E-state index is -3.55. The average Bonchev–Trinajstić information content (AvgIpc) is 3.00. The SMILES string of the molecule is COc1ccc2c(c1)C(N1CCN(S(=O)(=O)c3cccc(C)c3)CC1)=Nc1ccc(C)cc1O2. The molecule has 2 aliphatic heterocycles. The van der Waals surface area contributed by atoms with E-state index in [9.17, 15) is 8.42 Å². The summed E-state index contributed by atoms with van der Waals surface area (Å²) in [6, 6.07) is 18.7. The maximum Gasteiger partial charge on any atom is 0.243 e. The van der Waals surface area contributed by atoms with Gasteiger partial charge in [0.15, 0.2) is 5.75 Å². The number of piperazine rings is 1. The lowest BCUT2D eigenvalue weighted by Gasteiger charge is -2.36. The van der Waals surface area contributed by atoms with Crippen molar-refractivity contribution in [2.24, 2.45) is 4.99 Å². The van der Waals surface area contributed by atoms with Crippen molar-refractivity contribution in [3.05, 3.63) is 77.4 Å². The highest BCUT2D eigenvalue weighted by Crippen LogP contribution is 2.40. The molecule has 0 unspecified atom stereocenters. The van der Waals surface area contributed by atoms with E-state index in [2.05, 4.69) is 4.90 Å². The summed E-state index contributed by atoms with van der Waals surface area (Å²) < 4.78 is 39.6. The Morgan fingerprint density at radius 1 is 0.882 bits per heavy atom. The van der Waals surface area contributed by atoms with Crippen LogP contribution in [0.5, 0.6) is 17.2 Å². The molecule has 3 aromatic carbocycles. The highest BCUT2D eigenvalue weighted by Gasteiger charge is 2.31. The van der Waals surface area contributed by atoms with Gasteiger partial charge in [0.25, 0.3) is 0 Å². The van der Waals surface area contributed by atoms with Crippen molar-refractivity contribution >= 4 is 21.5 Å². The topological polar surface area (TPSA) is 71.4 Å². The molecule has 8 heteroatoms. The van der Waals surface area contributed by atoms with E-state index >= 15 is 0 Å². The van der Waals surface area contributed by atoms with Gasteiger partial charge in [-0.3, -0.25) is 0 Å². The molecule has 0 spiro atoms. The number of sulfonamides is 1. The molecule has 0 radical (unpaired) electrons. The smallest absolute Gasteiger partial charge is 0.243 e. The molecule has 0 aromatic heterocycles. The number of nitrogens with zero attached hydrogens (tertiary/aromatic N) is 3. The third-order valence-electron chi connectivity index (χ3n) is 6.15. The third kappa shape index (κ3) is 4.15. The Kier molecular flexibility index (Phi) is 5.79. The second-order valence-electron chi connectivity index (χ2n) is 8.58. The lowest BCUT2D eigenvalue weighted by molar-refractivity contribution is 0.266. The first-order valence-electron chi connectivity index (χ1n) is 11.2. The third-order valence-corrected chi connectivity index (χ3v) is 8.05. The molecule has 1 saturated heterocycles. The van der Waals surface area contributed by atoms with Gasteiger partial charge in [0.1, 0.15) is 23.0 Å². The Morgan fingerprint density at radius 3 is 2.38 bits per heavy atom. The van der Waals surface area contributed by atoms with Crippen LogP contribution in [0.3, 0.4) is 0 Å². The molecule has 2 aliphatic rings. The van der Waals surface area contributed by atoms with E-state index in [4.69, 9.17) is 14.5 Å². The number of aryl methyl sites for hydroxylation is 2. The predicted molar refractivity (Wildman–Crippen MR) is 132 cm³/mol. The van der Waals surface area contributed by atoms with Crippen LogP contribution in [0.1, 0.15) is 16.7 Å². The van der Waals surface area contributed by atoms with Gasteiger partial charge in [-0.15, -0.1) is 0 Å². The summed E-state index contributed by atoms with van der Waals surface area (Å²) in [6.45, 7) is 5.69. The Bertz CT molecular complexity index is 1380. The van der Waals surface area contributed by atoms with Crippen molar-refractivity contribution in [2.45, 2.75) is 18.7 Å². The first-order valence-corrected chi connectivity index (χ1v) is 12.7. The fourth-order valence-electron chi connectivity index (χ4n) is 4.29. The number of amidine groups is 1. The summed E-state index contributed by atoms with van der Waals surface area (Å²) in [7, 11) is -1.92. The maximum atomic E-state index is 13.2. The van der Waals surface area contributed by atoms with Crippen LogP contribution in [0.15, 0.2) is 70.6 Å². The Labute approximate surface area is 200 Å². The molecule has 0 saturated carbocycles. The van der Waals surface area contributed by atoms with Gasteiger partial charge in [-0.05, 0) is 67.4 Å². The zero-order valence-electron chi connectivity index (χ0n) is 19.5. The second kappa shape index (κ2) is 8.77. The van der Waals surface area contributed by atoms with Crippen molar-refractivity contribution in [1.29, 1.82) is 0 Å². The molecule has 7 nitrogen and oxygen atoms in total. The lowest BCUT2D eigenvalue weighted by atomic mass is 10.1. The van der Waals surface area contributed by atoms with Gasteiger partial charge in [0.2, 0.25) is 10.0 Å². The Hall–Kier alpha value is -3.36. The summed E-state index contributed by atoms with van der Waals surface area (Å²) in [4.78, 5) is 7.43. The number of benzene rings is 3. The van der Waals surface area contributed by atoms with Crippen LogP contribution >= 0.6 is 0 Å². The number of hydrogen-bond donors (Lipinski definition) is 0. The monoisotopic (exact) mass is 477 g/mol. The normalized spacial score (nSPS) is 16.1. The van der Waals surface area contributed by atoms with E-state index in [1.807, 2.05) is 56.3 Å². The van der Waals surface area contributed by atoms with Crippen LogP contribution in [-0.4, -0.2) is 56.7 Å². The number of rotatable bonds is 3. The highest BCUT2D eigenvalue weighted by molar-refractivity contribution is 7.89. The minimum absolute atomic E-state index is 0.334. The van der Waals surface area contributed by atoms with Crippen molar-refractivity contribution in [1.82, 2.24) is 9.21 Å². The molecule has 0 atom stereocenters. The summed E-state index contributed by atoms with van der Waals surface area (Å²) in [5.41, 5.74) is 3.57. The van der Waals surface area contributed by atoms with Crippen LogP contribution in [0, 0.1) is 13.8 Å². The molecule has 0 N–H and O–H groups in total. The average molecular weight is 478 g/mol. The van der Waals surface area contributed by atoms with Gasteiger partial charge in [0, 0.05) is 26.2 Å². The Morgan fingerprint density at radius 2 is 1.65 bits per heavy atom. The number of hydrogen-bond acceptors (Lipinski definition) is 6. The van der Waals surface area contributed by atoms with Crippen LogP contribution in [0.25, 0.3) is 0 Å². The van der Waals surface area contributed by atoms with Gasteiger partial charge in [-0.1, -0.05) is 18.2 Å². The molecular formula is C26H27N3O4S. The van der Waals surface area contributed by atoms with E-state index in [1.54, 1.807) is 29.6 Å². The first-order chi connectivity index (χ1) is 16.3. The van der Waals surface area contributed by atoms with E-state index in [0.717, 1.165) is 28.2 Å². The second-order valence-corrected chi connectivity index (χ2v) is 10.5. The Balaban J connectivity index is 1.47. The first kappa shape index (κ1) is 22.4. The van der Waals surface area contributed by atoms with Crippen molar-refractivity contribution < 1.29 is 17.9 Å². The fourth-order valence-corrected chi connectivity index (χ4v) is 5.82. The van der Waals surface area contributed by atoms with Crippen molar-refractivity contribution in [3.8, 4) is 17.2 Å². The van der Waals surface area contributed by atoms with E-state index in [0.29, 0.717) is 48.3 Å². The molecule has 0 bridgehead atoms. The zero-order chi connectivity index (χ0) is 23.9. The summed E-state index contributed by atoms with van der Waals surface area (Å²) in [6.07, 6.45) is 0. The quantitative estimate of drug-likeness (QED) is 0.555. The number of ether oxygens (including phenoxy) is 2. The minimum Gasteiger partial charge on any atom is -0.497 e.